The van der Waals surface area contributed by atoms with E-state index in [4.69, 9.17) is 0 Å². The van der Waals surface area contributed by atoms with E-state index >= 15 is 0 Å². The Morgan fingerprint density at radius 2 is 2.21 bits per heavy atom. The van der Waals surface area contributed by atoms with E-state index in [0.717, 1.165) is 12.2 Å². The summed E-state index contributed by atoms with van der Waals surface area (Å²) < 4.78 is 2.14. The first-order chi connectivity index (χ1) is 9.08. The molecular weight excluding hydrogens is 236 g/mol. The molecule has 0 aromatic carbocycles. The van der Waals surface area contributed by atoms with Crippen LogP contribution in [-0.4, -0.2) is 10.5 Å². The molecule has 102 valence electrons. The average molecular weight is 258 g/mol. The van der Waals surface area contributed by atoms with Gasteiger partial charge >= 0.3 is 0 Å². The smallest absolute Gasteiger partial charge is 0.247 e. The number of hydrogen-bond donors (Lipinski definition) is 1. The maximum absolute atomic E-state index is 11.8. The zero-order valence-corrected chi connectivity index (χ0v) is 11.9. The van der Waals surface area contributed by atoms with Gasteiger partial charge in [-0.2, -0.15) is 0 Å². The first kappa shape index (κ1) is 15.0. The van der Waals surface area contributed by atoms with Crippen LogP contribution < -0.4 is 5.32 Å². The Morgan fingerprint density at radius 1 is 1.47 bits per heavy atom. The second kappa shape index (κ2) is 7.41. The summed E-state index contributed by atoms with van der Waals surface area (Å²) in [5, 5.41) is 2.91. The maximum atomic E-state index is 11.8. The second-order valence-corrected chi connectivity index (χ2v) is 4.53. The average Bonchev–Trinajstić information content (AvgIpc) is 2.83. The molecule has 1 N–H and O–H groups in total. The molecule has 0 aliphatic heterocycles. The predicted octanol–water partition coefficient (Wildman–Crippen LogP) is 3.20. The largest absolute Gasteiger partial charge is 0.347 e. The third kappa shape index (κ3) is 4.62. The molecule has 0 saturated carbocycles. The molecule has 1 aromatic rings. The molecule has 1 heterocycles. The summed E-state index contributed by atoms with van der Waals surface area (Å²) in [5.41, 5.74) is 3.06. The topological polar surface area (TPSA) is 34.0 Å². The standard InChI is InChI=1S/C16H22N2O/c1-5-8-14(4)16(19)17-11-15-9-7-10-18(15)12-13(3)6-2/h5-10H,1,11-12H2,2-4H3,(H,17,19)/b13-6+,14-8+. The van der Waals surface area contributed by atoms with Crippen LogP contribution in [0.1, 0.15) is 26.5 Å². The number of rotatable bonds is 6. The predicted molar refractivity (Wildman–Crippen MR) is 79.7 cm³/mol. The number of nitrogens with zero attached hydrogens (tertiary/aromatic N) is 1. The van der Waals surface area contributed by atoms with Gasteiger partial charge in [-0.15, -0.1) is 0 Å². The lowest BCUT2D eigenvalue weighted by atomic mass is 10.2. The van der Waals surface area contributed by atoms with Crippen LogP contribution in [0.5, 0.6) is 0 Å². The summed E-state index contributed by atoms with van der Waals surface area (Å²) in [4.78, 5) is 11.8. The van der Waals surface area contributed by atoms with Crippen molar-refractivity contribution in [1.82, 2.24) is 9.88 Å². The summed E-state index contributed by atoms with van der Waals surface area (Å²) in [6.07, 6.45) is 7.45. The highest BCUT2D eigenvalue weighted by atomic mass is 16.1. The van der Waals surface area contributed by atoms with Crippen molar-refractivity contribution >= 4 is 5.91 Å². The molecule has 1 aromatic heterocycles. The molecule has 0 fully saturated rings. The SMILES string of the molecule is C=C/C=C(\C)C(=O)NCc1cccn1C/C(C)=C/C. The van der Waals surface area contributed by atoms with Gasteiger partial charge in [0.1, 0.15) is 0 Å². The van der Waals surface area contributed by atoms with Gasteiger partial charge in [0.05, 0.1) is 6.54 Å². The van der Waals surface area contributed by atoms with Gasteiger partial charge < -0.3 is 9.88 Å². The molecule has 1 amide bonds. The van der Waals surface area contributed by atoms with Crippen LogP contribution in [0, 0.1) is 0 Å². The lowest BCUT2D eigenvalue weighted by molar-refractivity contribution is -0.117. The lowest BCUT2D eigenvalue weighted by Gasteiger charge is -2.10. The van der Waals surface area contributed by atoms with Crippen LogP contribution in [0.4, 0.5) is 0 Å². The van der Waals surface area contributed by atoms with Gasteiger partial charge in [-0.25, -0.2) is 0 Å². The van der Waals surface area contributed by atoms with Crippen molar-refractivity contribution in [2.75, 3.05) is 0 Å². The summed E-state index contributed by atoms with van der Waals surface area (Å²) in [5.74, 6) is -0.0598. The molecular formula is C16H22N2O. The van der Waals surface area contributed by atoms with Gasteiger partial charge in [-0.1, -0.05) is 30.4 Å². The van der Waals surface area contributed by atoms with Gasteiger partial charge in [0.15, 0.2) is 0 Å². The molecule has 0 unspecified atom stereocenters. The highest BCUT2D eigenvalue weighted by molar-refractivity contribution is 5.92. The van der Waals surface area contributed by atoms with E-state index in [9.17, 15) is 4.79 Å². The second-order valence-electron chi connectivity index (χ2n) is 4.53. The highest BCUT2D eigenvalue weighted by Gasteiger charge is 2.05. The van der Waals surface area contributed by atoms with Gasteiger partial charge in [-0.05, 0) is 32.9 Å². The van der Waals surface area contributed by atoms with Crippen molar-refractivity contribution in [3.8, 4) is 0 Å². The van der Waals surface area contributed by atoms with Crippen molar-refractivity contribution in [2.24, 2.45) is 0 Å². The molecule has 19 heavy (non-hydrogen) atoms. The normalized spacial score (nSPS) is 12.4. The van der Waals surface area contributed by atoms with E-state index in [0.29, 0.717) is 12.1 Å². The quantitative estimate of drug-likeness (QED) is 0.474. The summed E-state index contributed by atoms with van der Waals surface area (Å²) in [6.45, 7) is 10.9. The van der Waals surface area contributed by atoms with E-state index in [2.05, 4.69) is 29.5 Å². The number of allylic oxidation sites excluding steroid dienone is 4. The van der Waals surface area contributed by atoms with Crippen LogP contribution in [0.2, 0.25) is 0 Å². The number of carbonyl (C=O) groups excluding carboxylic acids is 1. The van der Waals surface area contributed by atoms with Gasteiger partial charge in [0.25, 0.3) is 0 Å². The fourth-order valence-electron chi connectivity index (χ4n) is 1.69. The Bertz CT molecular complexity index is 507. The minimum atomic E-state index is -0.0598. The first-order valence-corrected chi connectivity index (χ1v) is 6.41. The van der Waals surface area contributed by atoms with Crippen LogP contribution in [0.15, 0.2) is 54.3 Å². The van der Waals surface area contributed by atoms with Crippen molar-refractivity contribution < 1.29 is 4.79 Å². The number of aromatic nitrogens is 1. The molecule has 0 spiro atoms. The van der Waals surface area contributed by atoms with E-state index in [1.165, 1.54) is 5.57 Å². The van der Waals surface area contributed by atoms with Crippen LogP contribution in [0.25, 0.3) is 0 Å². The van der Waals surface area contributed by atoms with Crippen molar-refractivity contribution in [1.29, 1.82) is 0 Å². The Hall–Kier alpha value is -2.03. The van der Waals surface area contributed by atoms with Crippen LogP contribution in [-0.2, 0) is 17.9 Å². The zero-order chi connectivity index (χ0) is 14.3. The number of hydrogen-bond acceptors (Lipinski definition) is 1. The van der Waals surface area contributed by atoms with E-state index in [1.54, 1.807) is 19.1 Å². The van der Waals surface area contributed by atoms with E-state index < -0.39 is 0 Å². The van der Waals surface area contributed by atoms with Crippen LogP contribution >= 0.6 is 0 Å². The third-order valence-electron chi connectivity index (χ3n) is 2.99. The number of nitrogens with one attached hydrogen (secondary N) is 1. The fraction of sp³-hybridized carbons (Fsp3) is 0.312. The highest BCUT2D eigenvalue weighted by Crippen LogP contribution is 2.06. The molecule has 0 bridgehead atoms. The van der Waals surface area contributed by atoms with Gasteiger partial charge in [0, 0.05) is 24.0 Å². The van der Waals surface area contributed by atoms with Crippen molar-refractivity contribution in [2.45, 2.75) is 33.9 Å². The van der Waals surface area contributed by atoms with Crippen molar-refractivity contribution in [3.63, 3.8) is 0 Å². The van der Waals surface area contributed by atoms with Crippen molar-refractivity contribution in [3.05, 3.63) is 60.0 Å². The molecule has 3 heteroatoms. The minimum absolute atomic E-state index is 0.0598. The molecule has 0 aliphatic carbocycles. The molecule has 0 saturated heterocycles. The van der Waals surface area contributed by atoms with E-state index in [-0.39, 0.29) is 5.91 Å². The van der Waals surface area contributed by atoms with Crippen LogP contribution in [0.3, 0.4) is 0 Å². The molecule has 1 rings (SSSR count). The number of amides is 1. The van der Waals surface area contributed by atoms with E-state index in [1.807, 2.05) is 25.3 Å². The molecule has 0 radical (unpaired) electrons. The molecule has 0 aliphatic rings. The fourth-order valence-corrected chi connectivity index (χ4v) is 1.69. The zero-order valence-electron chi connectivity index (χ0n) is 11.9. The van der Waals surface area contributed by atoms with Gasteiger partial charge in [0.2, 0.25) is 5.91 Å². The summed E-state index contributed by atoms with van der Waals surface area (Å²) in [7, 11) is 0. The molecule has 0 atom stereocenters. The summed E-state index contributed by atoms with van der Waals surface area (Å²) >= 11 is 0. The monoisotopic (exact) mass is 258 g/mol. The maximum Gasteiger partial charge on any atom is 0.247 e. The van der Waals surface area contributed by atoms with Gasteiger partial charge in [-0.3, -0.25) is 4.79 Å². The Balaban J connectivity index is 2.64. The summed E-state index contributed by atoms with van der Waals surface area (Å²) in [6, 6.07) is 4.02. The Kier molecular flexibility index (Phi) is 5.86. The minimum Gasteiger partial charge on any atom is -0.347 e. The first-order valence-electron chi connectivity index (χ1n) is 6.41. The number of carbonyl (C=O) groups is 1. The third-order valence-corrected chi connectivity index (χ3v) is 2.99. The Labute approximate surface area is 115 Å². The Morgan fingerprint density at radius 3 is 2.84 bits per heavy atom. The lowest BCUT2D eigenvalue weighted by Crippen LogP contribution is -2.24. The molecule has 3 nitrogen and oxygen atoms in total.